The lowest BCUT2D eigenvalue weighted by atomic mass is 10.2. The third-order valence-electron chi connectivity index (χ3n) is 2.29. The van der Waals surface area contributed by atoms with Gasteiger partial charge in [0.1, 0.15) is 4.90 Å². The summed E-state index contributed by atoms with van der Waals surface area (Å²) in [7, 11) is -3.43. The van der Waals surface area contributed by atoms with Gasteiger partial charge in [-0.2, -0.15) is 0 Å². The van der Waals surface area contributed by atoms with Gasteiger partial charge >= 0.3 is 0 Å². The summed E-state index contributed by atoms with van der Waals surface area (Å²) in [5.41, 5.74) is 6.93. The number of H-pyrrole nitrogens is 1. The van der Waals surface area contributed by atoms with E-state index in [1.54, 1.807) is 25.1 Å². The molecule has 86 valence electrons. The number of rotatable bonds is 3. The van der Waals surface area contributed by atoms with Gasteiger partial charge in [0.25, 0.3) is 0 Å². The predicted molar refractivity (Wildman–Crippen MR) is 63.6 cm³/mol. The Kier molecular flexibility index (Phi) is 2.61. The van der Waals surface area contributed by atoms with E-state index in [1.807, 2.05) is 0 Å². The van der Waals surface area contributed by atoms with E-state index in [2.05, 4.69) is 9.71 Å². The molecule has 2 rings (SSSR count). The molecule has 0 bridgehead atoms. The molecule has 5 nitrogen and oxygen atoms in total. The number of nitrogens with two attached hydrogens (primary N) is 1. The molecular formula is C10H13N3O2S. The fourth-order valence-corrected chi connectivity index (χ4v) is 2.82. The maximum atomic E-state index is 11.8. The molecule has 0 saturated heterocycles. The molecule has 16 heavy (non-hydrogen) atoms. The number of hydrogen-bond acceptors (Lipinski definition) is 3. The van der Waals surface area contributed by atoms with E-state index in [4.69, 9.17) is 5.73 Å². The molecule has 0 aliphatic rings. The first-order valence-corrected chi connectivity index (χ1v) is 6.39. The Balaban J connectivity index is 2.63. The van der Waals surface area contributed by atoms with E-state index < -0.39 is 10.0 Å². The molecule has 2 aromatic rings. The standard InChI is InChI=1S/C10H13N3O2S/c1-2-13-16(14,15)10-6-12-9-5-7(11)3-4-8(9)10/h3-6,12-13H,2,11H2,1H3. The first-order chi connectivity index (χ1) is 7.54. The minimum Gasteiger partial charge on any atom is -0.399 e. The van der Waals surface area contributed by atoms with Crippen molar-refractivity contribution in [2.45, 2.75) is 11.8 Å². The monoisotopic (exact) mass is 239 g/mol. The zero-order valence-electron chi connectivity index (χ0n) is 8.82. The molecule has 4 N–H and O–H groups in total. The second-order valence-corrected chi connectivity index (χ2v) is 5.19. The Morgan fingerprint density at radius 1 is 1.44 bits per heavy atom. The van der Waals surface area contributed by atoms with Gasteiger partial charge in [-0.05, 0) is 18.2 Å². The van der Waals surface area contributed by atoms with Gasteiger partial charge in [0.15, 0.2) is 0 Å². The van der Waals surface area contributed by atoms with E-state index in [1.165, 1.54) is 6.20 Å². The molecule has 0 saturated carbocycles. The number of benzene rings is 1. The van der Waals surface area contributed by atoms with Gasteiger partial charge in [-0.25, -0.2) is 13.1 Å². The maximum absolute atomic E-state index is 11.8. The van der Waals surface area contributed by atoms with Crippen LogP contribution in [0.2, 0.25) is 0 Å². The number of sulfonamides is 1. The Labute approximate surface area is 93.7 Å². The lowest BCUT2D eigenvalue weighted by Crippen LogP contribution is -2.22. The minimum absolute atomic E-state index is 0.254. The smallest absolute Gasteiger partial charge is 0.242 e. The van der Waals surface area contributed by atoms with Crippen molar-refractivity contribution in [3.8, 4) is 0 Å². The maximum Gasteiger partial charge on any atom is 0.242 e. The van der Waals surface area contributed by atoms with Crippen molar-refractivity contribution < 1.29 is 8.42 Å². The van der Waals surface area contributed by atoms with Crippen molar-refractivity contribution in [3.05, 3.63) is 24.4 Å². The third-order valence-corrected chi connectivity index (χ3v) is 3.88. The molecule has 6 heteroatoms. The third kappa shape index (κ3) is 1.77. The van der Waals surface area contributed by atoms with Gasteiger partial charge in [0.05, 0.1) is 0 Å². The average Bonchev–Trinajstić information content (AvgIpc) is 2.60. The second kappa shape index (κ2) is 3.80. The van der Waals surface area contributed by atoms with Gasteiger partial charge in [-0.15, -0.1) is 0 Å². The molecule has 0 unspecified atom stereocenters. The Morgan fingerprint density at radius 3 is 2.88 bits per heavy atom. The summed E-state index contributed by atoms with van der Waals surface area (Å²) >= 11 is 0. The van der Waals surface area contributed by atoms with E-state index in [9.17, 15) is 8.42 Å². The van der Waals surface area contributed by atoms with Crippen LogP contribution in [0.1, 0.15) is 6.92 Å². The highest BCUT2D eigenvalue weighted by Gasteiger charge is 2.17. The normalized spacial score (nSPS) is 12.1. The van der Waals surface area contributed by atoms with Crippen LogP contribution >= 0.6 is 0 Å². The van der Waals surface area contributed by atoms with Crippen molar-refractivity contribution in [1.29, 1.82) is 0 Å². The Bertz CT molecular complexity index is 616. The molecule has 0 amide bonds. The van der Waals surface area contributed by atoms with Crippen LogP contribution < -0.4 is 10.5 Å². The Morgan fingerprint density at radius 2 is 2.19 bits per heavy atom. The van der Waals surface area contributed by atoms with Gasteiger partial charge in [-0.1, -0.05) is 6.92 Å². The quantitative estimate of drug-likeness (QED) is 0.699. The molecule has 1 aromatic carbocycles. The summed E-state index contributed by atoms with van der Waals surface area (Å²) in [5.74, 6) is 0. The van der Waals surface area contributed by atoms with Crippen molar-refractivity contribution in [1.82, 2.24) is 9.71 Å². The first-order valence-electron chi connectivity index (χ1n) is 4.91. The zero-order valence-corrected chi connectivity index (χ0v) is 9.64. The zero-order chi connectivity index (χ0) is 11.8. The van der Waals surface area contributed by atoms with Gasteiger partial charge < -0.3 is 10.7 Å². The number of nitrogen functional groups attached to an aromatic ring is 1. The van der Waals surface area contributed by atoms with Crippen LogP contribution in [0, 0.1) is 0 Å². The second-order valence-electron chi connectivity index (χ2n) is 3.46. The number of anilines is 1. The predicted octanol–water partition coefficient (Wildman–Crippen LogP) is 1.05. The molecule has 0 aliphatic heterocycles. The first kappa shape index (κ1) is 11.0. The highest BCUT2D eigenvalue weighted by molar-refractivity contribution is 7.89. The van der Waals surface area contributed by atoms with Crippen LogP contribution in [-0.4, -0.2) is 19.9 Å². The fraction of sp³-hybridized carbons (Fsp3) is 0.200. The van der Waals surface area contributed by atoms with E-state index in [-0.39, 0.29) is 4.90 Å². The van der Waals surface area contributed by atoms with Gasteiger partial charge in [-0.3, -0.25) is 0 Å². The summed E-state index contributed by atoms with van der Waals surface area (Å²) in [6.07, 6.45) is 1.47. The topological polar surface area (TPSA) is 88.0 Å². The lowest BCUT2D eigenvalue weighted by molar-refractivity contribution is 0.585. The fourth-order valence-electron chi connectivity index (χ4n) is 1.61. The number of aromatic amines is 1. The van der Waals surface area contributed by atoms with Crippen LogP contribution in [0.3, 0.4) is 0 Å². The summed E-state index contributed by atoms with van der Waals surface area (Å²) in [5, 5.41) is 0.648. The molecule has 0 fully saturated rings. The molecule has 0 spiro atoms. The summed E-state index contributed by atoms with van der Waals surface area (Å²) in [6, 6.07) is 5.09. The van der Waals surface area contributed by atoms with Crippen LogP contribution in [-0.2, 0) is 10.0 Å². The summed E-state index contributed by atoms with van der Waals surface area (Å²) in [6.45, 7) is 2.11. The molecular weight excluding hydrogens is 226 g/mol. The van der Waals surface area contributed by atoms with E-state index in [0.717, 1.165) is 5.52 Å². The van der Waals surface area contributed by atoms with Crippen molar-refractivity contribution >= 4 is 26.6 Å². The van der Waals surface area contributed by atoms with Gasteiger partial charge in [0, 0.05) is 29.3 Å². The average molecular weight is 239 g/mol. The van der Waals surface area contributed by atoms with Crippen LogP contribution in [0.15, 0.2) is 29.3 Å². The highest BCUT2D eigenvalue weighted by Crippen LogP contribution is 2.24. The van der Waals surface area contributed by atoms with Crippen LogP contribution in [0.25, 0.3) is 10.9 Å². The SMILES string of the molecule is CCNS(=O)(=O)c1c[nH]c2cc(N)ccc12. The number of nitrogens with one attached hydrogen (secondary N) is 2. The van der Waals surface area contributed by atoms with Gasteiger partial charge in [0.2, 0.25) is 10.0 Å². The largest absolute Gasteiger partial charge is 0.399 e. The minimum atomic E-state index is -3.43. The van der Waals surface area contributed by atoms with Crippen molar-refractivity contribution in [2.75, 3.05) is 12.3 Å². The summed E-state index contributed by atoms with van der Waals surface area (Å²) < 4.78 is 26.1. The molecule has 0 atom stereocenters. The van der Waals surface area contributed by atoms with E-state index in [0.29, 0.717) is 17.6 Å². The molecule has 0 radical (unpaired) electrons. The number of aromatic nitrogens is 1. The summed E-state index contributed by atoms with van der Waals surface area (Å²) in [4.78, 5) is 3.15. The van der Waals surface area contributed by atoms with Crippen molar-refractivity contribution in [3.63, 3.8) is 0 Å². The molecule has 0 aliphatic carbocycles. The van der Waals surface area contributed by atoms with Crippen molar-refractivity contribution in [2.24, 2.45) is 0 Å². The molecule has 1 aromatic heterocycles. The van der Waals surface area contributed by atoms with Crippen LogP contribution in [0.4, 0.5) is 5.69 Å². The lowest BCUT2D eigenvalue weighted by Gasteiger charge is -2.02. The highest BCUT2D eigenvalue weighted by atomic mass is 32.2. The molecule has 1 heterocycles. The Hall–Kier alpha value is -1.53. The van der Waals surface area contributed by atoms with E-state index >= 15 is 0 Å². The number of hydrogen-bond donors (Lipinski definition) is 3. The van der Waals surface area contributed by atoms with Crippen LogP contribution in [0.5, 0.6) is 0 Å². The number of fused-ring (bicyclic) bond motifs is 1.